The van der Waals surface area contributed by atoms with Crippen LogP contribution in [0.1, 0.15) is 10.4 Å². The Balaban J connectivity index is 2.40. The molecule has 0 amide bonds. The Bertz CT molecular complexity index is 685. The molecule has 0 unspecified atom stereocenters. The minimum atomic E-state index is -2.04. The Labute approximate surface area is 109 Å². The van der Waals surface area contributed by atoms with E-state index in [9.17, 15) is 26.7 Å². The Kier molecular flexibility index (Phi) is 3.69. The number of para-hydroxylation sites is 1. The number of rotatable bonds is 2. The maximum absolute atomic E-state index is 13.3. The van der Waals surface area contributed by atoms with Crippen molar-refractivity contribution in [3.8, 4) is 5.75 Å². The molecule has 2 aromatic carbocycles. The lowest BCUT2D eigenvalue weighted by Crippen LogP contribution is -2.15. The summed E-state index contributed by atoms with van der Waals surface area (Å²) in [7, 11) is 0. The summed E-state index contributed by atoms with van der Waals surface area (Å²) in [5.41, 5.74) is -1.44. The molecule has 2 rings (SSSR count). The predicted molar refractivity (Wildman–Crippen MR) is 57.6 cm³/mol. The largest absolute Gasteiger partial charge is 0.420 e. The first-order valence-electron chi connectivity index (χ1n) is 5.21. The van der Waals surface area contributed by atoms with Gasteiger partial charge >= 0.3 is 5.97 Å². The standard InChI is InChI=1S/C13H5F5O2/c14-6-3-1-2-4-9(6)20-13(19)10-7(15)5-8(16)11(17)12(10)18/h1-5H. The molecule has 0 atom stereocenters. The van der Waals surface area contributed by atoms with Crippen molar-refractivity contribution in [1.29, 1.82) is 0 Å². The van der Waals surface area contributed by atoms with Gasteiger partial charge in [0.05, 0.1) is 0 Å². The summed E-state index contributed by atoms with van der Waals surface area (Å²) >= 11 is 0. The number of esters is 1. The van der Waals surface area contributed by atoms with E-state index in [1.807, 2.05) is 0 Å². The van der Waals surface area contributed by atoms with Crippen LogP contribution in [0.4, 0.5) is 22.0 Å². The highest BCUT2D eigenvalue weighted by Crippen LogP contribution is 2.22. The molecular formula is C13H5F5O2. The fourth-order valence-corrected chi connectivity index (χ4v) is 1.43. The van der Waals surface area contributed by atoms with Gasteiger partial charge in [-0.15, -0.1) is 0 Å². The van der Waals surface area contributed by atoms with Crippen LogP contribution in [-0.4, -0.2) is 5.97 Å². The molecule has 0 aliphatic carbocycles. The topological polar surface area (TPSA) is 26.3 Å². The van der Waals surface area contributed by atoms with Crippen LogP contribution in [0.15, 0.2) is 30.3 Å². The average molecular weight is 288 g/mol. The monoisotopic (exact) mass is 288 g/mol. The Morgan fingerprint density at radius 1 is 0.850 bits per heavy atom. The molecule has 0 N–H and O–H groups in total. The van der Waals surface area contributed by atoms with E-state index in [0.29, 0.717) is 0 Å². The smallest absolute Gasteiger partial charge is 0.349 e. The van der Waals surface area contributed by atoms with E-state index in [-0.39, 0.29) is 6.07 Å². The lowest BCUT2D eigenvalue weighted by atomic mass is 10.2. The molecule has 0 aliphatic rings. The second-order valence-corrected chi connectivity index (χ2v) is 3.66. The SMILES string of the molecule is O=C(Oc1ccccc1F)c1c(F)cc(F)c(F)c1F. The minimum Gasteiger partial charge on any atom is -0.420 e. The van der Waals surface area contributed by atoms with Gasteiger partial charge in [-0.25, -0.2) is 26.7 Å². The van der Waals surface area contributed by atoms with Gasteiger partial charge in [0.2, 0.25) is 0 Å². The number of ether oxygens (including phenoxy) is 1. The molecule has 0 aliphatic heterocycles. The highest BCUT2D eigenvalue weighted by Gasteiger charge is 2.26. The van der Waals surface area contributed by atoms with Gasteiger partial charge in [0.1, 0.15) is 11.4 Å². The Morgan fingerprint density at radius 3 is 2.15 bits per heavy atom. The van der Waals surface area contributed by atoms with Gasteiger partial charge in [-0.1, -0.05) is 12.1 Å². The zero-order chi connectivity index (χ0) is 14.9. The summed E-state index contributed by atoms with van der Waals surface area (Å²) in [6, 6.07) is 4.58. The van der Waals surface area contributed by atoms with E-state index in [1.165, 1.54) is 12.1 Å². The highest BCUT2D eigenvalue weighted by molar-refractivity contribution is 5.91. The molecule has 0 bridgehead atoms. The van der Waals surface area contributed by atoms with Gasteiger partial charge in [0, 0.05) is 6.07 Å². The zero-order valence-electron chi connectivity index (χ0n) is 9.59. The van der Waals surface area contributed by atoms with E-state index < -0.39 is 46.4 Å². The maximum Gasteiger partial charge on any atom is 0.349 e. The predicted octanol–water partition coefficient (Wildman–Crippen LogP) is 3.60. The van der Waals surface area contributed by atoms with Crippen LogP contribution in [-0.2, 0) is 0 Å². The van der Waals surface area contributed by atoms with Gasteiger partial charge in [-0.2, -0.15) is 0 Å². The third kappa shape index (κ3) is 2.47. The van der Waals surface area contributed by atoms with Crippen LogP contribution in [0.5, 0.6) is 5.75 Å². The molecule has 2 nitrogen and oxygen atoms in total. The van der Waals surface area contributed by atoms with Crippen LogP contribution in [0, 0.1) is 29.1 Å². The van der Waals surface area contributed by atoms with E-state index in [0.717, 1.165) is 12.1 Å². The molecule has 0 aromatic heterocycles. The Hall–Kier alpha value is -2.44. The van der Waals surface area contributed by atoms with Crippen molar-refractivity contribution in [3.05, 3.63) is 65.0 Å². The van der Waals surface area contributed by atoms with E-state index in [1.54, 1.807) is 0 Å². The lowest BCUT2D eigenvalue weighted by Gasteiger charge is -2.07. The van der Waals surface area contributed by atoms with Crippen molar-refractivity contribution in [2.24, 2.45) is 0 Å². The fourth-order valence-electron chi connectivity index (χ4n) is 1.43. The first-order valence-corrected chi connectivity index (χ1v) is 5.21. The molecule has 2 aromatic rings. The van der Waals surface area contributed by atoms with Gasteiger partial charge < -0.3 is 4.74 Å². The van der Waals surface area contributed by atoms with Gasteiger partial charge in [0.25, 0.3) is 0 Å². The highest BCUT2D eigenvalue weighted by atomic mass is 19.2. The Morgan fingerprint density at radius 2 is 1.50 bits per heavy atom. The number of carbonyl (C=O) groups excluding carboxylic acids is 1. The molecule has 20 heavy (non-hydrogen) atoms. The third-order valence-corrected chi connectivity index (χ3v) is 2.36. The molecule has 104 valence electrons. The molecule has 7 heteroatoms. The van der Waals surface area contributed by atoms with Gasteiger partial charge in [0.15, 0.2) is 29.0 Å². The molecule has 0 radical (unpaired) electrons. The van der Waals surface area contributed by atoms with Crippen LogP contribution < -0.4 is 4.74 Å². The van der Waals surface area contributed by atoms with Crippen LogP contribution in [0.2, 0.25) is 0 Å². The number of carbonyl (C=O) groups is 1. The van der Waals surface area contributed by atoms with Crippen molar-refractivity contribution < 1.29 is 31.5 Å². The van der Waals surface area contributed by atoms with Crippen molar-refractivity contribution >= 4 is 5.97 Å². The van der Waals surface area contributed by atoms with Crippen molar-refractivity contribution in [2.75, 3.05) is 0 Å². The summed E-state index contributed by atoms with van der Waals surface area (Å²) in [5, 5.41) is 0. The maximum atomic E-state index is 13.3. The number of hydrogen-bond donors (Lipinski definition) is 0. The lowest BCUT2D eigenvalue weighted by molar-refractivity contribution is 0.0716. The number of hydrogen-bond acceptors (Lipinski definition) is 2. The fraction of sp³-hybridized carbons (Fsp3) is 0. The second kappa shape index (κ2) is 5.28. The van der Waals surface area contributed by atoms with Crippen LogP contribution >= 0.6 is 0 Å². The van der Waals surface area contributed by atoms with Gasteiger partial charge in [-0.05, 0) is 12.1 Å². The van der Waals surface area contributed by atoms with Crippen LogP contribution in [0.3, 0.4) is 0 Å². The minimum absolute atomic E-state index is 0.00361. The van der Waals surface area contributed by atoms with E-state index >= 15 is 0 Å². The van der Waals surface area contributed by atoms with Crippen molar-refractivity contribution in [2.45, 2.75) is 0 Å². The number of halogens is 5. The van der Waals surface area contributed by atoms with E-state index in [2.05, 4.69) is 4.74 Å². The quantitative estimate of drug-likeness (QED) is 0.277. The van der Waals surface area contributed by atoms with E-state index in [4.69, 9.17) is 0 Å². The van der Waals surface area contributed by atoms with Crippen molar-refractivity contribution in [1.82, 2.24) is 0 Å². The molecular weight excluding hydrogens is 283 g/mol. The second-order valence-electron chi connectivity index (χ2n) is 3.66. The molecule has 0 heterocycles. The summed E-state index contributed by atoms with van der Waals surface area (Å²) in [4.78, 5) is 11.5. The molecule has 0 spiro atoms. The summed E-state index contributed by atoms with van der Waals surface area (Å²) in [5.74, 6) is -10.7. The molecule has 0 fully saturated rings. The van der Waals surface area contributed by atoms with Crippen molar-refractivity contribution in [3.63, 3.8) is 0 Å². The summed E-state index contributed by atoms with van der Waals surface area (Å²) in [6.45, 7) is 0. The molecule has 0 saturated heterocycles. The number of benzene rings is 2. The zero-order valence-corrected chi connectivity index (χ0v) is 9.59. The third-order valence-electron chi connectivity index (χ3n) is 2.36. The average Bonchev–Trinajstić information content (AvgIpc) is 2.39. The normalized spacial score (nSPS) is 10.4. The van der Waals surface area contributed by atoms with Gasteiger partial charge in [-0.3, -0.25) is 0 Å². The first kappa shape index (κ1) is 14.0. The first-order chi connectivity index (χ1) is 9.41. The summed E-state index contributed by atoms with van der Waals surface area (Å²) in [6.07, 6.45) is 0. The molecule has 0 saturated carbocycles. The van der Waals surface area contributed by atoms with Crippen LogP contribution in [0.25, 0.3) is 0 Å². The summed E-state index contributed by atoms with van der Waals surface area (Å²) < 4.78 is 69.9.